The molecule has 20 heavy (non-hydrogen) atoms. The van der Waals surface area contributed by atoms with Crippen molar-refractivity contribution in [2.75, 3.05) is 26.7 Å². The molecule has 1 heterocycles. The molecule has 0 bridgehead atoms. The Morgan fingerprint density at radius 1 is 1.35 bits per heavy atom. The maximum Gasteiger partial charge on any atom is 0.226 e. The summed E-state index contributed by atoms with van der Waals surface area (Å²) in [6.07, 6.45) is 2.00. The van der Waals surface area contributed by atoms with Crippen LogP contribution in [0.4, 0.5) is 8.78 Å². The molecule has 110 valence electrons. The third-order valence-corrected chi connectivity index (χ3v) is 3.79. The molecule has 1 aliphatic rings. The largest absolute Gasteiger partial charge is 0.345 e. The molecule has 0 aromatic heterocycles. The normalized spacial score (nSPS) is 16.1. The quantitative estimate of drug-likeness (QED) is 0.915. The average Bonchev–Trinajstić information content (AvgIpc) is 2.45. The lowest BCUT2D eigenvalue weighted by Gasteiger charge is -2.27. The predicted octanol–water partition coefficient (Wildman–Crippen LogP) is 1.97. The number of rotatable bonds is 4. The predicted molar refractivity (Wildman–Crippen MR) is 73.3 cm³/mol. The molecule has 1 N–H and O–H groups in total. The maximum atomic E-state index is 13.5. The van der Waals surface area contributed by atoms with Gasteiger partial charge in [0.1, 0.15) is 0 Å². The molecule has 1 saturated heterocycles. The van der Waals surface area contributed by atoms with Gasteiger partial charge >= 0.3 is 0 Å². The van der Waals surface area contributed by atoms with Crippen molar-refractivity contribution in [1.29, 1.82) is 0 Å². The van der Waals surface area contributed by atoms with Crippen molar-refractivity contribution in [3.63, 3.8) is 0 Å². The van der Waals surface area contributed by atoms with Crippen molar-refractivity contribution in [3.8, 4) is 0 Å². The molecule has 0 radical (unpaired) electrons. The van der Waals surface area contributed by atoms with Gasteiger partial charge in [-0.1, -0.05) is 12.1 Å². The van der Waals surface area contributed by atoms with Gasteiger partial charge in [0.25, 0.3) is 0 Å². The molecule has 1 aliphatic heterocycles. The summed E-state index contributed by atoms with van der Waals surface area (Å²) in [5.74, 6) is -1.51. The van der Waals surface area contributed by atoms with Gasteiger partial charge in [-0.25, -0.2) is 8.78 Å². The Labute approximate surface area is 118 Å². The lowest BCUT2D eigenvalue weighted by molar-refractivity contribution is -0.129. The third kappa shape index (κ3) is 3.76. The number of halogens is 2. The van der Waals surface area contributed by atoms with E-state index in [1.807, 2.05) is 0 Å². The summed E-state index contributed by atoms with van der Waals surface area (Å²) in [5.41, 5.74) is 0.118. The second kappa shape index (κ2) is 6.79. The summed E-state index contributed by atoms with van der Waals surface area (Å²) in [6.45, 7) is 2.63. The van der Waals surface area contributed by atoms with Crippen LogP contribution in [0.25, 0.3) is 0 Å². The Kier molecular flexibility index (Phi) is 5.06. The topological polar surface area (TPSA) is 32.3 Å². The van der Waals surface area contributed by atoms with Crippen LogP contribution in [0.1, 0.15) is 18.4 Å². The van der Waals surface area contributed by atoms with Gasteiger partial charge in [0.15, 0.2) is 11.6 Å². The van der Waals surface area contributed by atoms with Gasteiger partial charge in [-0.15, -0.1) is 0 Å². The van der Waals surface area contributed by atoms with Crippen molar-refractivity contribution in [3.05, 3.63) is 35.4 Å². The maximum absolute atomic E-state index is 13.5. The molecule has 1 fully saturated rings. The number of piperidine rings is 1. The van der Waals surface area contributed by atoms with E-state index in [1.54, 1.807) is 11.9 Å². The molecule has 1 aromatic carbocycles. The van der Waals surface area contributed by atoms with Gasteiger partial charge in [-0.05, 0) is 37.9 Å². The molecular formula is C15H20F2N2O. The summed E-state index contributed by atoms with van der Waals surface area (Å²) in [4.78, 5) is 13.7. The van der Waals surface area contributed by atoms with Crippen molar-refractivity contribution in [1.82, 2.24) is 10.2 Å². The number of carbonyl (C=O) groups excluding carboxylic acids is 1. The molecule has 0 atom stereocenters. The van der Waals surface area contributed by atoms with Crippen molar-refractivity contribution in [2.24, 2.45) is 5.92 Å². The fourth-order valence-electron chi connectivity index (χ4n) is 2.54. The number of likely N-dealkylation sites (N-methyl/N-ethyl adjacent to an activating group) is 1. The van der Waals surface area contributed by atoms with Crippen LogP contribution in [0.5, 0.6) is 0 Å². The molecule has 3 nitrogen and oxygen atoms in total. The van der Waals surface area contributed by atoms with E-state index in [9.17, 15) is 13.6 Å². The molecular weight excluding hydrogens is 262 g/mol. The second-order valence-corrected chi connectivity index (χ2v) is 5.36. The summed E-state index contributed by atoms with van der Waals surface area (Å²) in [6, 6.07) is 3.94. The highest BCUT2D eigenvalue weighted by molar-refractivity contribution is 5.78. The average molecular weight is 282 g/mol. The first kappa shape index (κ1) is 14.9. The Bertz CT molecular complexity index is 473. The smallest absolute Gasteiger partial charge is 0.226 e. The van der Waals surface area contributed by atoms with Gasteiger partial charge in [-0.2, -0.15) is 0 Å². The number of hydrogen-bond donors (Lipinski definition) is 1. The van der Waals surface area contributed by atoms with Crippen molar-refractivity contribution < 1.29 is 13.6 Å². The fraction of sp³-hybridized carbons (Fsp3) is 0.533. The summed E-state index contributed by atoms with van der Waals surface area (Å²) in [7, 11) is 1.72. The number of hydrogen-bond acceptors (Lipinski definition) is 2. The minimum atomic E-state index is -0.920. The van der Waals surface area contributed by atoms with Crippen LogP contribution in [0, 0.1) is 17.6 Å². The van der Waals surface area contributed by atoms with Crippen molar-refractivity contribution >= 4 is 5.91 Å². The van der Waals surface area contributed by atoms with Crippen LogP contribution < -0.4 is 5.32 Å². The lowest BCUT2D eigenvalue weighted by atomic mass is 9.97. The summed E-state index contributed by atoms with van der Waals surface area (Å²) < 4.78 is 26.6. The zero-order valence-corrected chi connectivity index (χ0v) is 11.7. The monoisotopic (exact) mass is 282 g/mol. The molecule has 5 heteroatoms. The molecule has 1 aromatic rings. The van der Waals surface area contributed by atoms with Gasteiger partial charge in [0, 0.05) is 19.2 Å². The van der Waals surface area contributed by atoms with Crippen LogP contribution in [-0.2, 0) is 11.2 Å². The van der Waals surface area contributed by atoms with E-state index in [4.69, 9.17) is 0 Å². The first-order valence-corrected chi connectivity index (χ1v) is 6.95. The Morgan fingerprint density at radius 3 is 2.75 bits per heavy atom. The van der Waals surface area contributed by atoms with E-state index in [2.05, 4.69) is 5.32 Å². The van der Waals surface area contributed by atoms with Gasteiger partial charge in [0.05, 0.1) is 6.42 Å². The minimum absolute atomic E-state index is 0.0922. The second-order valence-electron chi connectivity index (χ2n) is 5.36. The van der Waals surface area contributed by atoms with Crippen LogP contribution in [-0.4, -0.2) is 37.5 Å². The molecule has 1 amide bonds. The molecule has 2 rings (SSSR count). The minimum Gasteiger partial charge on any atom is -0.345 e. The molecule has 0 spiro atoms. The SMILES string of the molecule is CN(CC1CCNCC1)C(=O)Cc1cccc(F)c1F. The Hall–Kier alpha value is -1.49. The number of carbonyl (C=O) groups is 1. The van der Waals surface area contributed by atoms with Crippen LogP contribution in [0.2, 0.25) is 0 Å². The van der Waals surface area contributed by atoms with Crippen LogP contribution in [0.15, 0.2) is 18.2 Å². The number of nitrogens with one attached hydrogen (secondary N) is 1. The lowest BCUT2D eigenvalue weighted by Crippen LogP contribution is -2.37. The van der Waals surface area contributed by atoms with E-state index in [0.717, 1.165) is 32.0 Å². The van der Waals surface area contributed by atoms with Gasteiger partial charge in [0.2, 0.25) is 5.91 Å². The Balaban J connectivity index is 1.91. The highest BCUT2D eigenvalue weighted by atomic mass is 19.2. The fourth-order valence-corrected chi connectivity index (χ4v) is 2.54. The highest BCUT2D eigenvalue weighted by Gasteiger charge is 2.19. The van der Waals surface area contributed by atoms with Gasteiger partial charge in [-0.3, -0.25) is 4.79 Å². The van der Waals surface area contributed by atoms with E-state index in [1.165, 1.54) is 12.1 Å². The number of benzene rings is 1. The van der Waals surface area contributed by atoms with E-state index in [0.29, 0.717) is 12.5 Å². The standard InChI is InChI=1S/C15H20F2N2O/c1-19(10-11-5-7-18-8-6-11)14(20)9-12-3-2-4-13(16)15(12)17/h2-4,11,18H,5-10H2,1H3. The molecule has 0 unspecified atom stereocenters. The zero-order valence-electron chi connectivity index (χ0n) is 11.7. The van der Waals surface area contributed by atoms with Crippen molar-refractivity contribution in [2.45, 2.75) is 19.3 Å². The zero-order chi connectivity index (χ0) is 14.5. The summed E-state index contributed by atoms with van der Waals surface area (Å²) in [5, 5.41) is 3.28. The van der Waals surface area contributed by atoms with E-state index < -0.39 is 11.6 Å². The van der Waals surface area contributed by atoms with E-state index >= 15 is 0 Å². The Morgan fingerprint density at radius 2 is 2.05 bits per heavy atom. The molecule has 0 saturated carbocycles. The third-order valence-electron chi connectivity index (χ3n) is 3.79. The van der Waals surface area contributed by atoms with Crippen LogP contribution >= 0.6 is 0 Å². The summed E-state index contributed by atoms with van der Waals surface area (Å²) >= 11 is 0. The number of nitrogens with zero attached hydrogens (tertiary/aromatic N) is 1. The first-order valence-electron chi connectivity index (χ1n) is 6.95. The van der Waals surface area contributed by atoms with E-state index in [-0.39, 0.29) is 17.9 Å². The first-order chi connectivity index (χ1) is 9.58. The van der Waals surface area contributed by atoms with Crippen LogP contribution in [0.3, 0.4) is 0 Å². The highest BCUT2D eigenvalue weighted by Crippen LogP contribution is 2.15. The van der Waals surface area contributed by atoms with Gasteiger partial charge < -0.3 is 10.2 Å². The number of amides is 1. The molecule has 0 aliphatic carbocycles.